The molecule has 0 aromatic heterocycles. The molecule has 2 aliphatic heterocycles. The maximum atomic E-state index is 14.3. The molecule has 0 N–H and O–H groups in total. The minimum atomic E-state index is -3.18. The van der Waals surface area contributed by atoms with Gasteiger partial charge in [-0.2, -0.15) is 0 Å². The van der Waals surface area contributed by atoms with Crippen LogP contribution in [0.1, 0.15) is 48.5 Å². The Hall–Kier alpha value is -1.87. The van der Waals surface area contributed by atoms with Crippen molar-refractivity contribution in [3.8, 4) is 11.5 Å². The van der Waals surface area contributed by atoms with Crippen LogP contribution in [0.5, 0.6) is 11.5 Å². The van der Waals surface area contributed by atoms with Crippen molar-refractivity contribution in [2.24, 2.45) is 5.41 Å². The molecule has 5 rings (SSSR count). The molecule has 10 heteroatoms. The number of hydrogen-bond acceptors (Lipinski definition) is 4. The Bertz CT molecular complexity index is 1300. The second-order valence-electron chi connectivity index (χ2n) is 10.4. The Morgan fingerprint density at radius 3 is 2.31 bits per heavy atom. The molecule has 1 spiro atoms. The van der Waals surface area contributed by atoms with Crippen LogP contribution >= 0.6 is 23.2 Å². The number of halogens is 3. The van der Waals surface area contributed by atoms with Crippen molar-refractivity contribution in [1.82, 2.24) is 9.21 Å². The molecule has 188 valence electrons. The standard InChI is InChI=1S/C25H27Cl2FN2O4S/c1-24(5-6-24)16-11-17(28)13-18(12-16)34-22-20(26)4-3-19(21(22)27)23(31)29-9-7-25(8-10-29)14-30(15-25)35(2,32)33/h3-4,11-13H,5-10,14-15H2,1-2H3. The summed E-state index contributed by atoms with van der Waals surface area (Å²) in [5, 5.41) is 0.307. The van der Waals surface area contributed by atoms with Gasteiger partial charge in [0.15, 0.2) is 5.75 Å². The fourth-order valence-corrected chi connectivity index (χ4v) is 6.51. The van der Waals surface area contributed by atoms with Crippen LogP contribution < -0.4 is 4.74 Å². The van der Waals surface area contributed by atoms with Crippen LogP contribution in [0.4, 0.5) is 4.39 Å². The summed E-state index contributed by atoms with van der Waals surface area (Å²) in [6, 6.07) is 7.71. The Morgan fingerprint density at radius 2 is 1.71 bits per heavy atom. The summed E-state index contributed by atoms with van der Waals surface area (Å²) in [4.78, 5) is 15.0. The van der Waals surface area contributed by atoms with Crippen LogP contribution in [-0.2, 0) is 15.4 Å². The Morgan fingerprint density at radius 1 is 1.06 bits per heavy atom. The molecular weight excluding hydrogens is 514 g/mol. The quantitative estimate of drug-likeness (QED) is 0.504. The zero-order valence-electron chi connectivity index (χ0n) is 19.6. The third-order valence-corrected chi connectivity index (χ3v) is 9.54. The molecule has 3 fully saturated rings. The van der Waals surface area contributed by atoms with Gasteiger partial charge in [-0.1, -0.05) is 30.1 Å². The van der Waals surface area contributed by atoms with E-state index in [9.17, 15) is 17.6 Å². The Kier molecular flexibility index (Phi) is 6.10. The summed E-state index contributed by atoms with van der Waals surface area (Å²) in [6.07, 6.45) is 4.65. The molecule has 2 heterocycles. The normalized spacial score (nSPS) is 21.0. The first-order valence-corrected chi connectivity index (χ1v) is 14.2. The topological polar surface area (TPSA) is 66.9 Å². The molecule has 1 amide bonds. The first-order valence-electron chi connectivity index (χ1n) is 11.6. The van der Waals surface area contributed by atoms with E-state index in [-0.39, 0.29) is 43.8 Å². The van der Waals surface area contributed by atoms with Crippen molar-refractivity contribution in [3.05, 3.63) is 57.3 Å². The van der Waals surface area contributed by atoms with Crippen molar-refractivity contribution in [2.75, 3.05) is 32.4 Å². The number of likely N-dealkylation sites (tertiary alicyclic amines) is 1. The SMILES string of the molecule is CC1(c2cc(F)cc(Oc3c(Cl)ccc(C(=O)N4CCC5(CC4)CN(S(C)(=O)=O)C5)c3Cl)c2)CC1. The molecule has 2 aromatic rings. The van der Waals surface area contributed by atoms with Crippen LogP contribution in [0.2, 0.25) is 10.0 Å². The van der Waals surface area contributed by atoms with Crippen molar-refractivity contribution >= 4 is 39.1 Å². The lowest BCUT2D eigenvalue weighted by Gasteiger charge is -2.52. The van der Waals surface area contributed by atoms with Crippen molar-refractivity contribution in [1.29, 1.82) is 0 Å². The van der Waals surface area contributed by atoms with Gasteiger partial charge in [0.25, 0.3) is 5.91 Å². The summed E-state index contributed by atoms with van der Waals surface area (Å²) < 4.78 is 45.1. The number of ether oxygens (including phenoxy) is 1. The molecule has 3 aliphatic rings. The van der Waals surface area contributed by atoms with Gasteiger partial charge in [0.1, 0.15) is 11.6 Å². The first-order chi connectivity index (χ1) is 16.4. The predicted molar refractivity (Wildman–Crippen MR) is 134 cm³/mol. The number of carbonyl (C=O) groups is 1. The molecule has 0 radical (unpaired) electrons. The van der Waals surface area contributed by atoms with E-state index < -0.39 is 15.8 Å². The van der Waals surface area contributed by atoms with Crippen molar-refractivity contribution in [2.45, 2.75) is 38.0 Å². The maximum absolute atomic E-state index is 14.3. The van der Waals surface area contributed by atoms with E-state index in [0.29, 0.717) is 26.2 Å². The van der Waals surface area contributed by atoms with Crippen molar-refractivity contribution in [3.63, 3.8) is 0 Å². The zero-order valence-corrected chi connectivity index (χ0v) is 21.9. The summed E-state index contributed by atoms with van der Waals surface area (Å²) in [7, 11) is -3.18. The lowest BCUT2D eigenvalue weighted by molar-refractivity contribution is 0.00332. The van der Waals surface area contributed by atoms with Gasteiger partial charge in [-0.05, 0) is 60.9 Å². The van der Waals surface area contributed by atoms with E-state index >= 15 is 0 Å². The number of nitrogens with zero attached hydrogens (tertiary/aromatic N) is 2. The molecule has 0 bridgehead atoms. The van der Waals surface area contributed by atoms with Gasteiger partial charge in [0.2, 0.25) is 10.0 Å². The van der Waals surface area contributed by atoms with Crippen molar-refractivity contribution < 1.29 is 22.3 Å². The lowest BCUT2D eigenvalue weighted by Crippen LogP contribution is -2.61. The van der Waals surface area contributed by atoms with E-state index in [4.69, 9.17) is 27.9 Å². The second kappa shape index (κ2) is 8.61. The molecule has 1 saturated carbocycles. The van der Waals surface area contributed by atoms with Gasteiger partial charge in [-0.25, -0.2) is 17.1 Å². The lowest BCUT2D eigenvalue weighted by atomic mass is 9.73. The average Bonchev–Trinajstić information content (AvgIpc) is 3.52. The molecule has 2 saturated heterocycles. The fraction of sp³-hybridized carbons (Fsp3) is 0.480. The van der Waals surface area contributed by atoms with E-state index in [0.717, 1.165) is 31.2 Å². The van der Waals surface area contributed by atoms with Crippen LogP contribution in [0, 0.1) is 11.2 Å². The Labute approximate surface area is 215 Å². The summed E-state index contributed by atoms with van der Waals surface area (Å²) in [5.74, 6) is -0.247. The van der Waals surface area contributed by atoms with Gasteiger partial charge in [0.05, 0.1) is 21.9 Å². The third-order valence-electron chi connectivity index (χ3n) is 7.67. The molecule has 1 aliphatic carbocycles. The fourth-order valence-electron chi connectivity index (χ4n) is 4.96. The maximum Gasteiger partial charge on any atom is 0.255 e. The number of benzene rings is 2. The number of rotatable bonds is 5. The molecule has 0 unspecified atom stereocenters. The monoisotopic (exact) mass is 540 g/mol. The molecule has 35 heavy (non-hydrogen) atoms. The van der Waals surface area contributed by atoms with E-state index in [1.165, 1.54) is 22.7 Å². The van der Waals surface area contributed by atoms with Crippen LogP contribution in [0.15, 0.2) is 30.3 Å². The van der Waals surface area contributed by atoms with Gasteiger partial charge in [0, 0.05) is 37.7 Å². The minimum absolute atomic E-state index is 0.0456. The van der Waals surface area contributed by atoms with Crippen LogP contribution in [0.25, 0.3) is 0 Å². The number of sulfonamides is 1. The number of carbonyl (C=O) groups excluding carboxylic acids is 1. The van der Waals surface area contributed by atoms with E-state index in [1.807, 2.05) is 0 Å². The second-order valence-corrected chi connectivity index (χ2v) is 13.2. The first kappa shape index (κ1) is 24.8. The minimum Gasteiger partial charge on any atom is -0.454 e. The van der Waals surface area contributed by atoms with Gasteiger partial charge in [-0.15, -0.1) is 0 Å². The molecule has 2 aromatic carbocycles. The summed E-state index contributed by atoms with van der Waals surface area (Å²) in [6.45, 7) is 4.11. The Balaban J connectivity index is 1.32. The molecular formula is C25H27Cl2FN2O4S. The number of hydrogen-bond donors (Lipinski definition) is 0. The zero-order chi connectivity index (χ0) is 25.2. The van der Waals surface area contributed by atoms with Gasteiger partial charge in [-0.3, -0.25) is 4.79 Å². The van der Waals surface area contributed by atoms with Crippen LogP contribution in [-0.4, -0.2) is 56.0 Å². The van der Waals surface area contributed by atoms with E-state index in [2.05, 4.69) is 6.92 Å². The van der Waals surface area contributed by atoms with Crippen LogP contribution in [0.3, 0.4) is 0 Å². The predicted octanol–water partition coefficient (Wildman–Crippen LogP) is 5.47. The number of amides is 1. The van der Waals surface area contributed by atoms with Gasteiger partial charge >= 0.3 is 0 Å². The summed E-state index contributed by atoms with van der Waals surface area (Å²) in [5.41, 5.74) is 1.01. The largest absolute Gasteiger partial charge is 0.454 e. The third kappa shape index (κ3) is 4.78. The highest BCUT2D eigenvalue weighted by Crippen LogP contribution is 2.49. The van der Waals surface area contributed by atoms with E-state index in [1.54, 1.807) is 23.1 Å². The molecule has 6 nitrogen and oxygen atoms in total. The number of piperidine rings is 1. The summed E-state index contributed by atoms with van der Waals surface area (Å²) >= 11 is 13.0. The van der Waals surface area contributed by atoms with Gasteiger partial charge < -0.3 is 9.64 Å². The average molecular weight is 541 g/mol. The smallest absolute Gasteiger partial charge is 0.255 e. The molecule has 0 atom stereocenters. The highest BCUT2D eigenvalue weighted by molar-refractivity contribution is 7.88. The highest BCUT2D eigenvalue weighted by atomic mass is 35.5. The highest BCUT2D eigenvalue weighted by Gasteiger charge is 2.48.